The average Bonchev–Trinajstić information content (AvgIpc) is 3.41. The van der Waals surface area contributed by atoms with Gasteiger partial charge in [-0.3, -0.25) is 4.79 Å². The summed E-state index contributed by atoms with van der Waals surface area (Å²) in [5.41, 5.74) is 2.80. The minimum atomic E-state index is 0. The highest BCUT2D eigenvalue weighted by molar-refractivity contribution is 5.85. The van der Waals surface area contributed by atoms with E-state index in [1.807, 2.05) is 14.1 Å². The molecule has 1 aromatic rings. The Labute approximate surface area is 182 Å². The van der Waals surface area contributed by atoms with Crippen molar-refractivity contribution in [2.75, 3.05) is 33.7 Å². The highest BCUT2D eigenvalue weighted by Gasteiger charge is 2.39. The van der Waals surface area contributed by atoms with Gasteiger partial charge in [-0.2, -0.15) is 0 Å². The fourth-order valence-corrected chi connectivity index (χ4v) is 3.90. The van der Waals surface area contributed by atoms with Gasteiger partial charge in [-0.05, 0) is 50.8 Å². The number of likely N-dealkylation sites (tertiary alicyclic amines) is 1. The molecule has 1 saturated heterocycles. The summed E-state index contributed by atoms with van der Waals surface area (Å²) in [4.78, 5) is 15.8. The molecule has 1 aliphatic carbocycles. The molecule has 6 heteroatoms. The lowest BCUT2D eigenvalue weighted by Crippen LogP contribution is -2.44. The van der Waals surface area contributed by atoms with Crippen molar-refractivity contribution in [3.05, 3.63) is 41.5 Å². The van der Waals surface area contributed by atoms with Gasteiger partial charge in [0.2, 0.25) is 5.91 Å². The third-order valence-electron chi connectivity index (χ3n) is 5.75. The van der Waals surface area contributed by atoms with Crippen molar-refractivity contribution in [3.8, 4) is 0 Å². The third kappa shape index (κ3) is 7.40. The number of nitrogens with zero attached hydrogens (tertiary/aromatic N) is 2. The number of hydrogen-bond acceptors (Lipinski definition) is 3. The first-order valence-electron chi connectivity index (χ1n) is 9.94. The van der Waals surface area contributed by atoms with E-state index in [4.69, 9.17) is 0 Å². The fraction of sp³-hybridized carbons (Fsp3) is 0.591. The lowest BCUT2D eigenvalue weighted by molar-refractivity contribution is -0.129. The Hall–Kier alpha value is -1.07. The van der Waals surface area contributed by atoms with Crippen molar-refractivity contribution >= 4 is 36.8 Å². The zero-order valence-electron chi connectivity index (χ0n) is 17.3. The van der Waals surface area contributed by atoms with Gasteiger partial charge in [0.1, 0.15) is 0 Å². The van der Waals surface area contributed by atoms with E-state index >= 15 is 0 Å². The van der Waals surface area contributed by atoms with Gasteiger partial charge in [0, 0.05) is 39.1 Å². The molecule has 0 aromatic heterocycles. The molecule has 1 N–H and O–H groups in total. The van der Waals surface area contributed by atoms with E-state index in [9.17, 15) is 4.79 Å². The predicted molar refractivity (Wildman–Crippen MR) is 122 cm³/mol. The molecule has 0 bridgehead atoms. The zero-order chi connectivity index (χ0) is 18.5. The molecular formula is C22H35Cl2N3O. The van der Waals surface area contributed by atoms with E-state index in [0.29, 0.717) is 24.4 Å². The maximum Gasteiger partial charge on any atom is 0.223 e. The molecule has 0 spiro atoms. The van der Waals surface area contributed by atoms with Crippen LogP contribution in [0.4, 0.5) is 0 Å². The monoisotopic (exact) mass is 427 g/mol. The summed E-state index contributed by atoms with van der Waals surface area (Å²) >= 11 is 0. The number of hydrogen-bond donors (Lipinski definition) is 1. The summed E-state index contributed by atoms with van der Waals surface area (Å²) in [5, 5.41) is 3.87. The van der Waals surface area contributed by atoms with Crippen LogP contribution < -0.4 is 5.32 Å². The Bertz CT molecular complexity index is 628. The van der Waals surface area contributed by atoms with E-state index in [1.54, 1.807) is 4.90 Å². The van der Waals surface area contributed by atoms with Crippen molar-refractivity contribution in [3.63, 3.8) is 0 Å². The molecule has 158 valence electrons. The highest BCUT2D eigenvalue weighted by Crippen LogP contribution is 2.38. The van der Waals surface area contributed by atoms with Gasteiger partial charge in [0.15, 0.2) is 0 Å². The lowest BCUT2D eigenvalue weighted by atomic mass is 10.0. The normalized spacial score (nSPS) is 22.8. The fourth-order valence-electron chi connectivity index (χ4n) is 3.90. The second kappa shape index (κ2) is 11.8. The Morgan fingerprint density at radius 3 is 2.43 bits per heavy atom. The molecule has 1 aromatic carbocycles. The van der Waals surface area contributed by atoms with Crippen molar-refractivity contribution in [2.24, 2.45) is 5.92 Å². The summed E-state index contributed by atoms with van der Waals surface area (Å²) in [6.07, 6.45) is 6.63. The van der Waals surface area contributed by atoms with Crippen LogP contribution in [0.1, 0.15) is 38.2 Å². The van der Waals surface area contributed by atoms with Crippen molar-refractivity contribution in [1.29, 1.82) is 0 Å². The van der Waals surface area contributed by atoms with Crippen LogP contribution in [0.5, 0.6) is 0 Å². The number of carbonyl (C=O) groups is 1. The number of rotatable bonds is 7. The van der Waals surface area contributed by atoms with E-state index in [-0.39, 0.29) is 30.7 Å². The van der Waals surface area contributed by atoms with Gasteiger partial charge in [-0.25, -0.2) is 0 Å². The minimum absolute atomic E-state index is 0. The maximum absolute atomic E-state index is 11.7. The number of carbonyl (C=O) groups excluding carboxylic acids is 1. The topological polar surface area (TPSA) is 35.6 Å². The van der Waals surface area contributed by atoms with Crippen LogP contribution in [0, 0.1) is 5.92 Å². The highest BCUT2D eigenvalue weighted by atomic mass is 35.5. The molecule has 2 unspecified atom stereocenters. The summed E-state index contributed by atoms with van der Waals surface area (Å²) in [7, 11) is 3.66. The lowest BCUT2D eigenvalue weighted by Gasteiger charge is -2.32. The molecule has 0 radical (unpaired) electrons. The Morgan fingerprint density at radius 1 is 1.18 bits per heavy atom. The molecule has 2 aliphatic rings. The molecular weight excluding hydrogens is 393 g/mol. The molecule has 1 heterocycles. The molecule has 1 amide bonds. The molecule has 1 saturated carbocycles. The van der Waals surface area contributed by atoms with Gasteiger partial charge >= 0.3 is 0 Å². The molecule has 3 rings (SSSR count). The van der Waals surface area contributed by atoms with E-state index < -0.39 is 0 Å². The van der Waals surface area contributed by atoms with Crippen LogP contribution in [0.3, 0.4) is 0 Å². The second-order valence-corrected chi connectivity index (χ2v) is 8.07. The number of nitrogens with one attached hydrogen (secondary N) is 1. The largest absolute Gasteiger partial charge is 0.349 e. The summed E-state index contributed by atoms with van der Waals surface area (Å²) in [6.45, 7) is 5.38. The van der Waals surface area contributed by atoms with Gasteiger partial charge in [0.05, 0.1) is 0 Å². The SMILES string of the molecule is CC(=Cc1ccccc1)C1CC1NC1CCN(CCC(=O)N(C)C)CC1.Cl.Cl. The maximum atomic E-state index is 11.7. The average molecular weight is 428 g/mol. The smallest absolute Gasteiger partial charge is 0.223 e. The van der Waals surface area contributed by atoms with Crippen LogP contribution in [0.2, 0.25) is 0 Å². The summed E-state index contributed by atoms with van der Waals surface area (Å²) < 4.78 is 0. The van der Waals surface area contributed by atoms with Crippen LogP contribution in [-0.4, -0.2) is 61.5 Å². The van der Waals surface area contributed by atoms with Crippen LogP contribution in [0.15, 0.2) is 35.9 Å². The molecule has 2 atom stereocenters. The van der Waals surface area contributed by atoms with E-state index in [1.165, 1.54) is 30.4 Å². The summed E-state index contributed by atoms with van der Waals surface area (Å²) in [5.74, 6) is 0.928. The first-order chi connectivity index (χ1) is 12.5. The van der Waals surface area contributed by atoms with Crippen molar-refractivity contribution in [2.45, 2.75) is 44.7 Å². The molecule has 1 aliphatic heterocycles. The quantitative estimate of drug-likeness (QED) is 0.717. The Morgan fingerprint density at radius 2 is 1.82 bits per heavy atom. The second-order valence-electron chi connectivity index (χ2n) is 8.07. The predicted octanol–water partition coefficient (Wildman–Crippen LogP) is 3.85. The number of halogens is 2. The molecule has 4 nitrogen and oxygen atoms in total. The van der Waals surface area contributed by atoms with Crippen molar-refractivity contribution in [1.82, 2.24) is 15.1 Å². The third-order valence-corrected chi connectivity index (χ3v) is 5.75. The van der Waals surface area contributed by atoms with Crippen LogP contribution in [-0.2, 0) is 4.79 Å². The van der Waals surface area contributed by atoms with Gasteiger partial charge in [-0.15, -0.1) is 24.8 Å². The first-order valence-corrected chi connectivity index (χ1v) is 9.94. The van der Waals surface area contributed by atoms with Gasteiger partial charge < -0.3 is 15.1 Å². The van der Waals surface area contributed by atoms with Gasteiger partial charge in [-0.1, -0.05) is 42.0 Å². The number of benzene rings is 1. The molecule has 28 heavy (non-hydrogen) atoms. The first kappa shape index (κ1) is 25.0. The van der Waals surface area contributed by atoms with Crippen LogP contribution in [0.25, 0.3) is 6.08 Å². The number of piperidine rings is 1. The van der Waals surface area contributed by atoms with Gasteiger partial charge in [0.25, 0.3) is 0 Å². The van der Waals surface area contributed by atoms with Crippen LogP contribution >= 0.6 is 24.8 Å². The number of amides is 1. The minimum Gasteiger partial charge on any atom is -0.349 e. The summed E-state index contributed by atoms with van der Waals surface area (Å²) in [6, 6.07) is 11.9. The molecule has 2 fully saturated rings. The standard InChI is InChI=1S/C22H33N3O.2ClH/c1-17(15-18-7-5-4-6-8-18)20-16-21(20)23-19-9-12-25(13-10-19)14-11-22(26)24(2)3;;/h4-8,15,19-21,23H,9-14,16H2,1-3H3;2*1H. The van der Waals surface area contributed by atoms with E-state index in [0.717, 1.165) is 19.6 Å². The Kier molecular flexibility index (Phi) is 10.5. The van der Waals surface area contributed by atoms with Crippen molar-refractivity contribution < 1.29 is 4.79 Å². The van der Waals surface area contributed by atoms with E-state index in [2.05, 4.69) is 53.5 Å². The Balaban J connectivity index is 0.00000196. The zero-order valence-corrected chi connectivity index (χ0v) is 18.9.